The normalized spacial score (nSPS) is 13.8. The van der Waals surface area contributed by atoms with Crippen LogP contribution >= 0.6 is 0 Å². The van der Waals surface area contributed by atoms with Gasteiger partial charge in [-0.25, -0.2) is 0 Å². The van der Waals surface area contributed by atoms with Gasteiger partial charge in [-0.1, -0.05) is 43.4 Å². The summed E-state index contributed by atoms with van der Waals surface area (Å²) in [5.74, 6) is -1.63. The van der Waals surface area contributed by atoms with Crippen LogP contribution in [0.25, 0.3) is 0 Å². The lowest BCUT2D eigenvalue weighted by Crippen LogP contribution is -2.45. The lowest BCUT2D eigenvalue weighted by atomic mass is 10.2. The summed E-state index contributed by atoms with van der Waals surface area (Å²) in [6.07, 6.45) is 13.9. The molecular formula is C19H31NO4. The second-order valence-electron chi connectivity index (χ2n) is 6.66. The first-order valence-electron chi connectivity index (χ1n) is 8.39. The number of carboxylic acids is 1. The van der Waals surface area contributed by atoms with Crippen molar-refractivity contribution in [1.82, 2.24) is 0 Å². The van der Waals surface area contributed by atoms with Gasteiger partial charge in [0, 0.05) is 12.4 Å². The number of hydrogen-bond acceptors (Lipinski definition) is 4. The number of aliphatic carboxylic acids is 1. The van der Waals surface area contributed by atoms with Crippen LogP contribution in [0.2, 0.25) is 0 Å². The maximum Gasteiger partial charge on any atom is 0.310 e. The van der Waals surface area contributed by atoms with Crippen LogP contribution in [-0.2, 0) is 14.3 Å². The second kappa shape index (κ2) is 12.5. The van der Waals surface area contributed by atoms with E-state index in [1.165, 1.54) is 0 Å². The van der Waals surface area contributed by atoms with Crippen LogP contribution in [0.4, 0.5) is 0 Å². The van der Waals surface area contributed by atoms with Crippen LogP contribution in [0.3, 0.4) is 0 Å². The van der Waals surface area contributed by atoms with Gasteiger partial charge in [-0.3, -0.25) is 4.79 Å². The molecule has 0 spiro atoms. The van der Waals surface area contributed by atoms with Gasteiger partial charge in [-0.15, -0.1) is 0 Å². The van der Waals surface area contributed by atoms with Crippen LogP contribution < -0.4 is 5.11 Å². The molecule has 0 heterocycles. The van der Waals surface area contributed by atoms with Crippen molar-refractivity contribution in [3.8, 4) is 0 Å². The van der Waals surface area contributed by atoms with Gasteiger partial charge in [0.15, 0.2) is 6.10 Å². The molecule has 0 aliphatic carbocycles. The van der Waals surface area contributed by atoms with Gasteiger partial charge in [0.1, 0.15) is 6.54 Å². The molecule has 0 saturated heterocycles. The zero-order chi connectivity index (χ0) is 18.4. The molecule has 5 nitrogen and oxygen atoms in total. The molecule has 0 aromatic heterocycles. The minimum Gasteiger partial charge on any atom is -0.550 e. The molecule has 0 rings (SSSR count). The predicted octanol–water partition coefficient (Wildman–Crippen LogP) is 1.99. The zero-order valence-electron chi connectivity index (χ0n) is 15.4. The van der Waals surface area contributed by atoms with Gasteiger partial charge >= 0.3 is 5.97 Å². The molecule has 0 saturated carbocycles. The summed E-state index contributed by atoms with van der Waals surface area (Å²) in [4.78, 5) is 22.6. The Labute approximate surface area is 145 Å². The van der Waals surface area contributed by atoms with Crippen molar-refractivity contribution in [1.29, 1.82) is 0 Å². The van der Waals surface area contributed by atoms with Crippen molar-refractivity contribution in [2.75, 3.05) is 27.7 Å². The molecule has 136 valence electrons. The highest BCUT2D eigenvalue weighted by molar-refractivity contribution is 5.72. The lowest BCUT2D eigenvalue weighted by Gasteiger charge is -2.29. The van der Waals surface area contributed by atoms with Crippen molar-refractivity contribution in [2.45, 2.75) is 45.1 Å². The number of carbonyl (C=O) groups excluding carboxylic acids is 2. The van der Waals surface area contributed by atoms with E-state index in [2.05, 4.69) is 25.2 Å². The summed E-state index contributed by atoms with van der Waals surface area (Å²) in [6, 6.07) is 0. The first-order chi connectivity index (χ1) is 11.2. The van der Waals surface area contributed by atoms with E-state index < -0.39 is 18.0 Å². The van der Waals surface area contributed by atoms with Gasteiger partial charge in [-0.05, 0) is 19.3 Å². The molecule has 0 radical (unpaired) electrons. The number of rotatable bonds is 12. The van der Waals surface area contributed by atoms with E-state index >= 15 is 0 Å². The van der Waals surface area contributed by atoms with Crippen molar-refractivity contribution in [2.24, 2.45) is 0 Å². The van der Waals surface area contributed by atoms with Gasteiger partial charge in [0.05, 0.1) is 27.6 Å². The topological polar surface area (TPSA) is 66.4 Å². The highest BCUT2D eigenvalue weighted by Gasteiger charge is 2.21. The Morgan fingerprint density at radius 3 is 2.04 bits per heavy atom. The van der Waals surface area contributed by atoms with Crippen molar-refractivity contribution >= 4 is 11.9 Å². The fourth-order valence-electron chi connectivity index (χ4n) is 2.06. The summed E-state index contributed by atoms with van der Waals surface area (Å²) in [5.41, 5.74) is 0. The molecule has 0 amide bonds. The number of hydrogen-bond donors (Lipinski definition) is 0. The number of esters is 1. The average Bonchev–Trinajstić information content (AvgIpc) is 2.42. The van der Waals surface area contributed by atoms with E-state index in [1.807, 2.05) is 33.3 Å². The molecule has 0 aliphatic heterocycles. The molecule has 0 aliphatic rings. The predicted molar refractivity (Wildman–Crippen MR) is 94.0 cm³/mol. The summed E-state index contributed by atoms with van der Waals surface area (Å²) in [6.45, 7) is 2.53. The average molecular weight is 337 g/mol. The van der Waals surface area contributed by atoms with Gasteiger partial charge in [0.25, 0.3) is 0 Å². The van der Waals surface area contributed by atoms with Crippen LogP contribution in [0.15, 0.2) is 36.5 Å². The monoisotopic (exact) mass is 337 g/mol. The fourth-order valence-corrected chi connectivity index (χ4v) is 2.06. The van der Waals surface area contributed by atoms with Crippen LogP contribution in [-0.4, -0.2) is 50.2 Å². The van der Waals surface area contributed by atoms with Crippen molar-refractivity contribution < 1.29 is 23.9 Å². The molecule has 0 aromatic rings. The number of likely N-dealkylation sites (N-methyl/N-ethyl adjacent to an activating group) is 1. The molecule has 1 unspecified atom stereocenters. The summed E-state index contributed by atoms with van der Waals surface area (Å²) in [5, 5.41) is 10.8. The molecule has 1 atom stereocenters. The summed E-state index contributed by atoms with van der Waals surface area (Å²) in [7, 11) is 5.74. The van der Waals surface area contributed by atoms with E-state index in [1.54, 1.807) is 6.08 Å². The standard InChI is InChI=1S/C19H31NO4/c1-5-6-7-8-9-10-11-12-13-14-19(23)24-17(15-18(21)22)16-20(2,3)4/h6-7,9-10,12-13,17H,5,8,11,14-16H2,1-4H3/b7-6+,10-9+,13-12+. The van der Waals surface area contributed by atoms with E-state index in [-0.39, 0.29) is 12.8 Å². The Bertz CT molecular complexity index is 458. The minimum absolute atomic E-state index is 0.143. The largest absolute Gasteiger partial charge is 0.550 e. The third-order valence-corrected chi connectivity index (χ3v) is 3.01. The molecule has 0 aromatic carbocycles. The number of carbonyl (C=O) groups is 2. The highest BCUT2D eigenvalue weighted by Crippen LogP contribution is 2.06. The summed E-state index contributed by atoms with van der Waals surface area (Å²) < 4.78 is 5.77. The van der Waals surface area contributed by atoms with E-state index in [9.17, 15) is 14.7 Å². The molecule has 0 fully saturated rings. The summed E-state index contributed by atoms with van der Waals surface area (Å²) >= 11 is 0. The highest BCUT2D eigenvalue weighted by atomic mass is 16.5. The zero-order valence-corrected chi connectivity index (χ0v) is 15.4. The van der Waals surface area contributed by atoms with Crippen LogP contribution in [0.5, 0.6) is 0 Å². The maximum atomic E-state index is 11.8. The molecule has 0 N–H and O–H groups in total. The van der Waals surface area contributed by atoms with Crippen LogP contribution in [0.1, 0.15) is 39.0 Å². The SMILES string of the molecule is CC/C=C/C/C=C/C/C=C/CC(=O)OC(CC(=O)[O-])C[N+](C)(C)C. The minimum atomic E-state index is -1.21. The third kappa shape index (κ3) is 15.0. The van der Waals surface area contributed by atoms with Gasteiger partial charge in [-0.2, -0.15) is 0 Å². The lowest BCUT2D eigenvalue weighted by molar-refractivity contribution is -0.873. The Kier molecular flexibility index (Phi) is 11.5. The Morgan fingerprint density at radius 2 is 1.54 bits per heavy atom. The Morgan fingerprint density at radius 1 is 1.00 bits per heavy atom. The first-order valence-corrected chi connectivity index (χ1v) is 8.39. The molecular weight excluding hydrogens is 306 g/mol. The smallest absolute Gasteiger partial charge is 0.310 e. The Balaban J connectivity index is 4.17. The van der Waals surface area contributed by atoms with Crippen molar-refractivity contribution in [3.63, 3.8) is 0 Å². The van der Waals surface area contributed by atoms with Crippen LogP contribution in [0, 0.1) is 0 Å². The van der Waals surface area contributed by atoms with Gasteiger partial charge < -0.3 is 19.1 Å². The number of allylic oxidation sites excluding steroid dienone is 5. The van der Waals surface area contributed by atoms with E-state index in [0.29, 0.717) is 11.0 Å². The first kappa shape index (κ1) is 22.1. The molecule has 24 heavy (non-hydrogen) atoms. The number of ether oxygens (including phenoxy) is 1. The Hall–Kier alpha value is -1.88. The number of nitrogens with zero attached hydrogens (tertiary/aromatic N) is 1. The third-order valence-electron chi connectivity index (χ3n) is 3.01. The fraction of sp³-hybridized carbons (Fsp3) is 0.579. The van der Waals surface area contributed by atoms with E-state index in [0.717, 1.165) is 19.3 Å². The van der Waals surface area contributed by atoms with Crippen molar-refractivity contribution in [3.05, 3.63) is 36.5 Å². The maximum absolute atomic E-state index is 11.8. The number of carboxylic acid groups (broad SMARTS) is 1. The molecule has 0 bridgehead atoms. The quantitative estimate of drug-likeness (QED) is 0.310. The molecule has 5 heteroatoms. The second-order valence-corrected chi connectivity index (χ2v) is 6.66. The van der Waals surface area contributed by atoms with E-state index in [4.69, 9.17) is 4.74 Å². The number of quaternary nitrogens is 1. The van der Waals surface area contributed by atoms with Gasteiger partial charge in [0.2, 0.25) is 0 Å².